The lowest BCUT2D eigenvalue weighted by Crippen LogP contribution is -2.16. The summed E-state index contributed by atoms with van der Waals surface area (Å²) in [4.78, 5) is 0.134. The maximum absolute atomic E-state index is 12.4. The van der Waals surface area contributed by atoms with Crippen LogP contribution in [0.4, 0.5) is 11.4 Å². The Bertz CT molecular complexity index is 694. The first kappa shape index (κ1) is 14.1. The Hall–Kier alpha value is -1.28. The van der Waals surface area contributed by atoms with E-state index in [1.54, 1.807) is 37.3 Å². The molecule has 0 saturated carbocycles. The predicted molar refractivity (Wildman–Crippen MR) is 85.6 cm³/mol. The van der Waals surface area contributed by atoms with Gasteiger partial charge in [-0.15, -0.1) is 0 Å². The Labute approximate surface area is 126 Å². The Kier molecular flexibility index (Phi) is 4.00. The van der Waals surface area contributed by atoms with Crippen molar-refractivity contribution in [3.63, 3.8) is 0 Å². The molecule has 2 aromatic carbocycles. The standard InChI is InChI=1S/C13H13IN2O2S/c1-9-5-4-7-11(15)13(9)19(17,18)16-12-8-3-2-6-10(12)14/h2-8,16H,15H2,1H3. The largest absolute Gasteiger partial charge is 0.398 e. The highest BCUT2D eigenvalue weighted by molar-refractivity contribution is 14.1. The third-order valence-corrected chi connectivity index (χ3v) is 5.15. The monoisotopic (exact) mass is 388 g/mol. The summed E-state index contributed by atoms with van der Waals surface area (Å²) in [5, 5.41) is 0. The fraction of sp³-hybridized carbons (Fsp3) is 0.0769. The molecule has 0 amide bonds. The number of nitrogens with two attached hydrogens (primary N) is 1. The van der Waals surface area contributed by atoms with Gasteiger partial charge in [-0.3, -0.25) is 4.72 Å². The van der Waals surface area contributed by atoms with Crippen molar-refractivity contribution in [2.75, 3.05) is 10.5 Å². The van der Waals surface area contributed by atoms with E-state index in [0.29, 0.717) is 11.3 Å². The van der Waals surface area contributed by atoms with Gasteiger partial charge in [-0.05, 0) is 53.3 Å². The topological polar surface area (TPSA) is 72.2 Å². The number of nitrogens with one attached hydrogen (secondary N) is 1. The first-order valence-corrected chi connectivity index (χ1v) is 8.10. The van der Waals surface area contributed by atoms with Gasteiger partial charge in [0.15, 0.2) is 0 Å². The molecule has 0 aromatic heterocycles. The van der Waals surface area contributed by atoms with Gasteiger partial charge in [-0.25, -0.2) is 8.42 Å². The van der Waals surface area contributed by atoms with Gasteiger partial charge in [0.05, 0.1) is 11.4 Å². The molecule has 0 fully saturated rings. The highest BCUT2D eigenvalue weighted by Crippen LogP contribution is 2.26. The lowest BCUT2D eigenvalue weighted by molar-refractivity contribution is 0.601. The number of halogens is 1. The summed E-state index contributed by atoms with van der Waals surface area (Å²) < 4.78 is 28.2. The van der Waals surface area contributed by atoms with Crippen molar-refractivity contribution in [1.82, 2.24) is 0 Å². The summed E-state index contributed by atoms with van der Waals surface area (Å²) in [7, 11) is -3.68. The van der Waals surface area contributed by atoms with Crippen LogP contribution in [0.5, 0.6) is 0 Å². The van der Waals surface area contributed by atoms with Crippen LogP contribution < -0.4 is 10.5 Å². The molecule has 0 radical (unpaired) electrons. The average Bonchev–Trinajstić information content (AvgIpc) is 2.31. The molecule has 3 N–H and O–H groups in total. The summed E-state index contributed by atoms with van der Waals surface area (Å²) in [6.07, 6.45) is 0. The van der Waals surface area contributed by atoms with Gasteiger partial charge in [0.2, 0.25) is 0 Å². The van der Waals surface area contributed by atoms with Gasteiger partial charge < -0.3 is 5.73 Å². The number of hydrogen-bond donors (Lipinski definition) is 2. The normalized spacial score (nSPS) is 11.3. The summed E-state index contributed by atoms with van der Waals surface area (Å²) in [6, 6.07) is 12.2. The van der Waals surface area contributed by atoms with Crippen molar-refractivity contribution in [3.8, 4) is 0 Å². The molecule has 0 saturated heterocycles. The molecular formula is C13H13IN2O2S. The van der Waals surface area contributed by atoms with E-state index < -0.39 is 10.0 Å². The molecule has 0 bridgehead atoms. The molecule has 0 spiro atoms. The number of rotatable bonds is 3. The summed E-state index contributed by atoms with van der Waals surface area (Å²) >= 11 is 2.08. The molecule has 100 valence electrons. The van der Waals surface area contributed by atoms with Crippen LogP contribution in [0.25, 0.3) is 0 Å². The van der Waals surface area contributed by atoms with Crippen molar-refractivity contribution in [2.45, 2.75) is 11.8 Å². The zero-order chi connectivity index (χ0) is 14.0. The molecule has 19 heavy (non-hydrogen) atoms. The van der Waals surface area contributed by atoms with Crippen LogP contribution in [-0.4, -0.2) is 8.42 Å². The van der Waals surface area contributed by atoms with Gasteiger partial charge in [-0.2, -0.15) is 0 Å². The van der Waals surface area contributed by atoms with Crippen LogP contribution >= 0.6 is 22.6 Å². The molecule has 0 atom stereocenters. The van der Waals surface area contributed by atoms with Gasteiger partial charge >= 0.3 is 0 Å². The van der Waals surface area contributed by atoms with E-state index in [-0.39, 0.29) is 10.6 Å². The Balaban J connectivity index is 2.47. The van der Waals surface area contributed by atoms with E-state index in [0.717, 1.165) is 3.57 Å². The zero-order valence-corrected chi connectivity index (χ0v) is 13.2. The highest BCUT2D eigenvalue weighted by atomic mass is 127. The van der Waals surface area contributed by atoms with Gasteiger partial charge in [0, 0.05) is 3.57 Å². The molecule has 0 aliphatic carbocycles. The third kappa shape index (κ3) is 3.01. The number of anilines is 2. The van der Waals surface area contributed by atoms with Crippen LogP contribution in [0.1, 0.15) is 5.56 Å². The smallest absolute Gasteiger partial charge is 0.264 e. The number of aryl methyl sites for hydroxylation is 1. The predicted octanol–water partition coefficient (Wildman–Crippen LogP) is 2.98. The molecule has 0 unspecified atom stereocenters. The van der Waals surface area contributed by atoms with Crippen molar-refractivity contribution < 1.29 is 8.42 Å². The summed E-state index contributed by atoms with van der Waals surface area (Å²) in [5.74, 6) is 0. The number of sulfonamides is 1. The summed E-state index contributed by atoms with van der Waals surface area (Å²) in [6.45, 7) is 1.72. The quantitative estimate of drug-likeness (QED) is 0.627. The summed E-state index contributed by atoms with van der Waals surface area (Å²) in [5.41, 5.74) is 7.20. The first-order chi connectivity index (χ1) is 8.92. The average molecular weight is 388 g/mol. The van der Waals surface area contributed by atoms with Crippen LogP contribution in [-0.2, 0) is 10.0 Å². The molecule has 2 aromatic rings. The second-order valence-corrected chi connectivity index (χ2v) is 6.86. The van der Waals surface area contributed by atoms with Crippen molar-refractivity contribution in [1.29, 1.82) is 0 Å². The molecule has 2 rings (SSSR count). The highest BCUT2D eigenvalue weighted by Gasteiger charge is 2.20. The Morgan fingerprint density at radius 2 is 1.79 bits per heavy atom. The maximum atomic E-state index is 12.4. The van der Waals surface area contributed by atoms with Gasteiger partial charge in [0.1, 0.15) is 4.90 Å². The fourth-order valence-electron chi connectivity index (χ4n) is 1.78. The Morgan fingerprint density at radius 1 is 1.11 bits per heavy atom. The SMILES string of the molecule is Cc1cccc(N)c1S(=O)(=O)Nc1ccccc1I. The minimum atomic E-state index is -3.68. The number of para-hydroxylation sites is 1. The minimum absolute atomic E-state index is 0.134. The van der Waals surface area contributed by atoms with E-state index in [9.17, 15) is 8.42 Å². The molecule has 0 heterocycles. The molecule has 0 aliphatic rings. The first-order valence-electron chi connectivity index (χ1n) is 5.54. The number of hydrogen-bond acceptors (Lipinski definition) is 3. The molecule has 0 aliphatic heterocycles. The van der Waals surface area contributed by atoms with Crippen LogP contribution in [0.15, 0.2) is 47.4 Å². The van der Waals surface area contributed by atoms with Crippen molar-refractivity contribution in [2.24, 2.45) is 0 Å². The number of benzene rings is 2. The van der Waals surface area contributed by atoms with Crippen molar-refractivity contribution >= 4 is 44.0 Å². The second-order valence-electron chi connectivity index (χ2n) is 4.08. The minimum Gasteiger partial charge on any atom is -0.398 e. The lowest BCUT2D eigenvalue weighted by Gasteiger charge is -2.13. The molecular weight excluding hydrogens is 375 g/mol. The fourth-order valence-corrected chi connectivity index (χ4v) is 3.93. The lowest BCUT2D eigenvalue weighted by atomic mass is 10.2. The zero-order valence-electron chi connectivity index (χ0n) is 10.2. The Morgan fingerprint density at radius 3 is 2.42 bits per heavy atom. The molecule has 6 heteroatoms. The van der Waals surface area contributed by atoms with Crippen LogP contribution in [0, 0.1) is 10.5 Å². The second kappa shape index (κ2) is 5.38. The van der Waals surface area contributed by atoms with E-state index >= 15 is 0 Å². The van der Waals surface area contributed by atoms with Gasteiger partial charge in [0.25, 0.3) is 10.0 Å². The van der Waals surface area contributed by atoms with Gasteiger partial charge in [-0.1, -0.05) is 24.3 Å². The maximum Gasteiger partial charge on any atom is 0.264 e. The van der Waals surface area contributed by atoms with E-state index in [4.69, 9.17) is 5.73 Å². The third-order valence-electron chi connectivity index (χ3n) is 2.63. The van der Waals surface area contributed by atoms with E-state index in [2.05, 4.69) is 27.3 Å². The van der Waals surface area contributed by atoms with Crippen LogP contribution in [0.2, 0.25) is 0 Å². The van der Waals surface area contributed by atoms with E-state index in [1.807, 2.05) is 12.1 Å². The molecule has 4 nitrogen and oxygen atoms in total. The number of nitrogen functional groups attached to an aromatic ring is 1. The van der Waals surface area contributed by atoms with Crippen LogP contribution in [0.3, 0.4) is 0 Å². The van der Waals surface area contributed by atoms with E-state index in [1.165, 1.54) is 0 Å². The van der Waals surface area contributed by atoms with Crippen molar-refractivity contribution in [3.05, 3.63) is 51.6 Å².